The highest BCUT2D eigenvalue weighted by atomic mass is 32.2. The van der Waals surface area contributed by atoms with Crippen LogP contribution in [0.1, 0.15) is 19.8 Å². The number of thioether (sulfide) groups is 1. The lowest BCUT2D eigenvalue weighted by Crippen LogP contribution is -2.37. The Hall–Kier alpha value is -1.07. The first-order valence-electron chi connectivity index (χ1n) is 5.74. The normalized spacial score (nSPS) is 12.3. The predicted molar refractivity (Wildman–Crippen MR) is 69.3 cm³/mol. The number of nitrogens with zero attached hydrogens (tertiary/aromatic N) is 1. The first-order valence-corrected chi connectivity index (χ1v) is 6.72. The molecule has 1 aromatic heterocycles. The van der Waals surface area contributed by atoms with E-state index in [0.717, 1.165) is 23.7 Å². The third kappa shape index (κ3) is 5.70. The van der Waals surface area contributed by atoms with Crippen LogP contribution in [-0.4, -0.2) is 34.4 Å². The number of hydrogen-bond donors (Lipinski definition) is 2. The maximum absolute atomic E-state index is 11.0. The third-order valence-electron chi connectivity index (χ3n) is 2.23. The van der Waals surface area contributed by atoms with Crippen molar-refractivity contribution < 1.29 is 9.90 Å². The average molecular weight is 254 g/mol. The lowest BCUT2D eigenvalue weighted by atomic mass is 10.2. The molecule has 0 radical (unpaired) electrons. The molecule has 4 nitrogen and oxygen atoms in total. The Morgan fingerprint density at radius 2 is 2.41 bits per heavy atom. The van der Waals surface area contributed by atoms with Gasteiger partial charge in [0.05, 0.1) is 5.03 Å². The first-order chi connectivity index (χ1) is 8.24. The molecule has 0 fully saturated rings. The average Bonchev–Trinajstić information content (AvgIpc) is 2.34. The molecule has 1 atom stereocenters. The van der Waals surface area contributed by atoms with Gasteiger partial charge in [-0.1, -0.05) is 13.0 Å². The molecule has 1 heterocycles. The highest BCUT2D eigenvalue weighted by molar-refractivity contribution is 7.99. The van der Waals surface area contributed by atoms with Crippen LogP contribution in [0.3, 0.4) is 0 Å². The van der Waals surface area contributed by atoms with Gasteiger partial charge in [0, 0.05) is 11.9 Å². The molecule has 1 rings (SSSR count). The van der Waals surface area contributed by atoms with E-state index in [9.17, 15) is 4.79 Å². The lowest BCUT2D eigenvalue weighted by molar-refractivity contribution is -0.139. The van der Waals surface area contributed by atoms with E-state index in [4.69, 9.17) is 5.11 Å². The van der Waals surface area contributed by atoms with Crippen LogP contribution in [0.15, 0.2) is 29.4 Å². The molecule has 0 spiro atoms. The molecule has 94 valence electrons. The number of carbonyl (C=O) groups is 1. The van der Waals surface area contributed by atoms with Gasteiger partial charge in [-0.2, -0.15) is 0 Å². The summed E-state index contributed by atoms with van der Waals surface area (Å²) in [6.45, 7) is 2.76. The number of rotatable bonds is 8. The fraction of sp³-hybridized carbons (Fsp3) is 0.500. The van der Waals surface area contributed by atoms with Gasteiger partial charge in [0.1, 0.15) is 6.04 Å². The molecular weight excluding hydrogens is 236 g/mol. The number of carboxylic acid groups (broad SMARTS) is 1. The Morgan fingerprint density at radius 3 is 3.00 bits per heavy atom. The van der Waals surface area contributed by atoms with E-state index in [1.54, 1.807) is 18.0 Å². The molecule has 17 heavy (non-hydrogen) atoms. The van der Waals surface area contributed by atoms with Crippen molar-refractivity contribution in [2.24, 2.45) is 0 Å². The summed E-state index contributed by atoms with van der Waals surface area (Å²) < 4.78 is 0. The standard InChI is InChI=1S/C12H18N2O2S/c1-2-7-13-10(12(15)16)6-9-17-11-5-3-4-8-14-11/h3-5,8,10,13H,2,6-7,9H2,1H3,(H,15,16). The van der Waals surface area contributed by atoms with E-state index < -0.39 is 12.0 Å². The van der Waals surface area contributed by atoms with E-state index in [1.165, 1.54) is 0 Å². The zero-order valence-corrected chi connectivity index (χ0v) is 10.7. The van der Waals surface area contributed by atoms with Crippen LogP contribution in [-0.2, 0) is 4.79 Å². The zero-order chi connectivity index (χ0) is 12.5. The first kappa shape index (κ1) is 14.0. The summed E-state index contributed by atoms with van der Waals surface area (Å²) in [6, 6.07) is 5.28. The molecule has 0 saturated heterocycles. The van der Waals surface area contributed by atoms with E-state index in [1.807, 2.05) is 25.1 Å². The predicted octanol–water partition coefficient (Wildman–Crippen LogP) is 2.02. The number of carboxylic acids is 1. The smallest absolute Gasteiger partial charge is 0.320 e. The molecule has 0 bridgehead atoms. The van der Waals surface area contributed by atoms with Gasteiger partial charge in [0.25, 0.3) is 0 Å². The Balaban J connectivity index is 2.29. The van der Waals surface area contributed by atoms with Gasteiger partial charge < -0.3 is 10.4 Å². The fourth-order valence-corrected chi connectivity index (χ4v) is 2.22. The van der Waals surface area contributed by atoms with Gasteiger partial charge in [-0.25, -0.2) is 4.98 Å². The highest BCUT2D eigenvalue weighted by Crippen LogP contribution is 2.15. The summed E-state index contributed by atoms with van der Waals surface area (Å²) in [5, 5.41) is 13.0. The second kappa shape index (κ2) is 8.08. The topological polar surface area (TPSA) is 62.2 Å². The van der Waals surface area contributed by atoms with Gasteiger partial charge >= 0.3 is 5.97 Å². The minimum absolute atomic E-state index is 0.453. The minimum atomic E-state index is -0.778. The SMILES string of the molecule is CCCNC(CCSc1ccccn1)C(=O)O. The van der Waals surface area contributed by atoms with Gasteiger partial charge in [0.15, 0.2) is 0 Å². The second-order valence-electron chi connectivity index (χ2n) is 3.65. The molecular formula is C12H18N2O2S. The van der Waals surface area contributed by atoms with Crippen molar-refractivity contribution in [2.75, 3.05) is 12.3 Å². The maximum Gasteiger partial charge on any atom is 0.320 e. The lowest BCUT2D eigenvalue weighted by Gasteiger charge is -2.13. The van der Waals surface area contributed by atoms with Crippen molar-refractivity contribution in [3.8, 4) is 0 Å². The summed E-state index contributed by atoms with van der Waals surface area (Å²) >= 11 is 1.59. The van der Waals surface area contributed by atoms with Gasteiger partial charge in [-0.3, -0.25) is 4.79 Å². The monoisotopic (exact) mass is 254 g/mol. The van der Waals surface area contributed by atoms with E-state index in [-0.39, 0.29) is 0 Å². The van der Waals surface area contributed by atoms with Crippen LogP contribution >= 0.6 is 11.8 Å². The van der Waals surface area contributed by atoms with Crippen LogP contribution < -0.4 is 5.32 Å². The van der Waals surface area contributed by atoms with Crippen molar-refractivity contribution >= 4 is 17.7 Å². The Labute approximate surface area is 106 Å². The Morgan fingerprint density at radius 1 is 1.59 bits per heavy atom. The Bertz CT molecular complexity index is 333. The second-order valence-corrected chi connectivity index (χ2v) is 4.77. The van der Waals surface area contributed by atoms with Crippen LogP contribution in [0, 0.1) is 0 Å². The molecule has 0 aliphatic carbocycles. The Kier molecular flexibility index (Phi) is 6.65. The number of hydrogen-bond acceptors (Lipinski definition) is 4. The van der Waals surface area contributed by atoms with Crippen molar-refractivity contribution in [3.05, 3.63) is 24.4 Å². The summed E-state index contributed by atoms with van der Waals surface area (Å²) in [4.78, 5) is 15.1. The van der Waals surface area contributed by atoms with Gasteiger partial charge in [-0.05, 0) is 31.5 Å². The molecule has 0 amide bonds. The number of pyridine rings is 1. The van der Waals surface area contributed by atoms with Crippen LogP contribution in [0.5, 0.6) is 0 Å². The molecule has 0 aliphatic rings. The van der Waals surface area contributed by atoms with Crippen LogP contribution in [0.4, 0.5) is 0 Å². The van der Waals surface area contributed by atoms with Crippen molar-refractivity contribution in [3.63, 3.8) is 0 Å². The van der Waals surface area contributed by atoms with Gasteiger partial charge in [-0.15, -0.1) is 11.8 Å². The van der Waals surface area contributed by atoms with Crippen LogP contribution in [0.2, 0.25) is 0 Å². The van der Waals surface area contributed by atoms with E-state index >= 15 is 0 Å². The quantitative estimate of drug-likeness (QED) is 0.695. The summed E-state index contributed by atoms with van der Waals surface area (Å²) in [5.41, 5.74) is 0. The number of aromatic nitrogens is 1. The molecule has 1 aromatic rings. The summed E-state index contributed by atoms with van der Waals surface area (Å²) in [6.07, 6.45) is 3.29. The maximum atomic E-state index is 11.0. The van der Waals surface area contributed by atoms with Crippen molar-refractivity contribution in [2.45, 2.75) is 30.8 Å². The fourth-order valence-electron chi connectivity index (χ4n) is 1.35. The molecule has 1 unspecified atom stereocenters. The summed E-state index contributed by atoms with van der Waals surface area (Å²) in [5.74, 6) is -0.0231. The molecule has 0 saturated carbocycles. The highest BCUT2D eigenvalue weighted by Gasteiger charge is 2.15. The molecule has 5 heteroatoms. The van der Waals surface area contributed by atoms with Crippen LogP contribution in [0.25, 0.3) is 0 Å². The van der Waals surface area contributed by atoms with E-state index in [0.29, 0.717) is 6.42 Å². The zero-order valence-electron chi connectivity index (χ0n) is 9.93. The van der Waals surface area contributed by atoms with E-state index in [2.05, 4.69) is 10.3 Å². The van der Waals surface area contributed by atoms with Crippen molar-refractivity contribution in [1.82, 2.24) is 10.3 Å². The third-order valence-corrected chi connectivity index (χ3v) is 3.21. The molecule has 0 aliphatic heterocycles. The number of nitrogens with one attached hydrogen (secondary N) is 1. The molecule has 0 aromatic carbocycles. The summed E-state index contributed by atoms with van der Waals surface area (Å²) in [7, 11) is 0. The molecule has 2 N–H and O–H groups in total. The largest absolute Gasteiger partial charge is 0.480 e. The number of aliphatic carboxylic acids is 1. The van der Waals surface area contributed by atoms with Gasteiger partial charge in [0.2, 0.25) is 0 Å². The minimum Gasteiger partial charge on any atom is -0.480 e. The van der Waals surface area contributed by atoms with Crippen molar-refractivity contribution in [1.29, 1.82) is 0 Å².